The minimum absolute atomic E-state index is 0.444. The van der Waals surface area contributed by atoms with E-state index in [-0.39, 0.29) is 0 Å². The average Bonchev–Trinajstić information content (AvgIpc) is 2.25. The van der Waals surface area contributed by atoms with Crippen LogP contribution < -0.4 is 5.14 Å². The van der Waals surface area contributed by atoms with Crippen LogP contribution in [0.15, 0.2) is 41.4 Å². The maximum absolute atomic E-state index is 11.4. The van der Waals surface area contributed by atoms with Crippen molar-refractivity contribution in [2.24, 2.45) is 5.14 Å². The number of rotatable bonds is 6. The van der Waals surface area contributed by atoms with Gasteiger partial charge in [-0.05, 0) is 37.0 Å². The van der Waals surface area contributed by atoms with Gasteiger partial charge < -0.3 is 0 Å². The van der Waals surface area contributed by atoms with Crippen LogP contribution in [0.1, 0.15) is 18.4 Å². The fourth-order valence-corrected chi connectivity index (χ4v) is 2.72. The SMILES string of the molecule is C=CCC[C@H](Cc1ccc(Br)cc1)S(N)(=O)=O. The molecule has 1 rings (SSSR count). The van der Waals surface area contributed by atoms with Crippen molar-refractivity contribution in [2.45, 2.75) is 24.5 Å². The van der Waals surface area contributed by atoms with Crippen LogP contribution in [-0.2, 0) is 16.4 Å². The maximum atomic E-state index is 11.4. The van der Waals surface area contributed by atoms with E-state index in [4.69, 9.17) is 5.14 Å². The van der Waals surface area contributed by atoms with Crippen molar-refractivity contribution < 1.29 is 8.42 Å². The first kappa shape index (κ1) is 14.4. The second kappa shape index (κ2) is 6.33. The van der Waals surface area contributed by atoms with Crippen molar-refractivity contribution in [3.8, 4) is 0 Å². The average molecular weight is 318 g/mol. The molecule has 0 spiro atoms. The van der Waals surface area contributed by atoms with E-state index in [1.54, 1.807) is 6.08 Å². The Balaban J connectivity index is 2.79. The van der Waals surface area contributed by atoms with Crippen LogP contribution in [0, 0.1) is 0 Å². The largest absolute Gasteiger partial charge is 0.228 e. The van der Waals surface area contributed by atoms with E-state index < -0.39 is 15.3 Å². The summed E-state index contributed by atoms with van der Waals surface area (Å²) < 4.78 is 23.9. The summed E-state index contributed by atoms with van der Waals surface area (Å²) in [7, 11) is -3.50. The predicted molar refractivity (Wildman–Crippen MR) is 74.2 cm³/mol. The maximum Gasteiger partial charge on any atom is 0.212 e. The summed E-state index contributed by atoms with van der Waals surface area (Å²) >= 11 is 3.34. The third-order valence-corrected chi connectivity index (χ3v) is 4.39. The quantitative estimate of drug-likeness (QED) is 0.820. The Bertz CT molecular complexity index is 468. The van der Waals surface area contributed by atoms with Gasteiger partial charge in [-0.2, -0.15) is 0 Å². The molecule has 0 saturated heterocycles. The lowest BCUT2D eigenvalue weighted by Crippen LogP contribution is -2.30. The number of sulfonamides is 1. The fourth-order valence-electron chi connectivity index (χ4n) is 1.57. The molecule has 1 aromatic rings. The first-order valence-corrected chi connectivity index (χ1v) is 7.70. The molecule has 0 saturated carbocycles. The molecular weight excluding hydrogens is 302 g/mol. The van der Waals surface area contributed by atoms with Crippen molar-refractivity contribution in [1.82, 2.24) is 0 Å². The lowest BCUT2D eigenvalue weighted by atomic mass is 10.1. The van der Waals surface area contributed by atoms with Gasteiger partial charge in [0.1, 0.15) is 0 Å². The van der Waals surface area contributed by atoms with Crippen molar-refractivity contribution in [2.75, 3.05) is 0 Å². The third-order valence-electron chi connectivity index (χ3n) is 2.53. The van der Waals surface area contributed by atoms with E-state index in [1.807, 2.05) is 24.3 Å². The molecule has 0 amide bonds. The molecular formula is C12H16BrNO2S. The molecule has 0 aliphatic heterocycles. The van der Waals surface area contributed by atoms with E-state index in [2.05, 4.69) is 22.5 Å². The minimum Gasteiger partial charge on any atom is -0.228 e. The van der Waals surface area contributed by atoms with E-state index in [0.717, 1.165) is 10.0 Å². The van der Waals surface area contributed by atoms with Crippen LogP contribution in [0.3, 0.4) is 0 Å². The first-order chi connectivity index (χ1) is 7.93. The fraction of sp³-hybridized carbons (Fsp3) is 0.333. The number of nitrogens with two attached hydrogens (primary N) is 1. The lowest BCUT2D eigenvalue weighted by molar-refractivity contribution is 0.571. The summed E-state index contributed by atoms with van der Waals surface area (Å²) in [4.78, 5) is 0. The molecule has 5 heteroatoms. The highest BCUT2D eigenvalue weighted by atomic mass is 79.9. The zero-order valence-electron chi connectivity index (χ0n) is 9.47. The van der Waals surface area contributed by atoms with E-state index in [9.17, 15) is 8.42 Å². The zero-order valence-corrected chi connectivity index (χ0v) is 11.9. The molecule has 2 N–H and O–H groups in total. The summed E-state index contributed by atoms with van der Waals surface area (Å²) in [5.41, 5.74) is 0.969. The molecule has 0 radical (unpaired) electrons. The van der Waals surface area contributed by atoms with Crippen LogP contribution >= 0.6 is 15.9 Å². The Hall–Kier alpha value is -0.650. The topological polar surface area (TPSA) is 60.2 Å². The number of hydrogen-bond donors (Lipinski definition) is 1. The Kier molecular flexibility index (Phi) is 5.36. The first-order valence-electron chi connectivity index (χ1n) is 5.30. The Morgan fingerprint density at radius 1 is 1.35 bits per heavy atom. The van der Waals surface area contributed by atoms with Gasteiger partial charge >= 0.3 is 0 Å². The van der Waals surface area contributed by atoms with E-state index >= 15 is 0 Å². The van der Waals surface area contributed by atoms with Gasteiger partial charge in [0.05, 0.1) is 5.25 Å². The molecule has 0 fully saturated rings. The lowest BCUT2D eigenvalue weighted by Gasteiger charge is -2.13. The molecule has 17 heavy (non-hydrogen) atoms. The molecule has 0 heterocycles. The molecule has 0 aliphatic rings. The Labute approximate surface area is 111 Å². The Morgan fingerprint density at radius 2 is 1.94 bits per heavy atom. The van der Waals surface area contributed by atoms with Crippen LogP contribution in [-0.4, -0.2) is 13.7 Å². The van der Waals surface area contributed by atoms with Crippen molar-refractivity contribution in [3.63, 3.8) is 0 Å². The van der Waals surface area contributed by atoms with Gasteiger partial charge in [0.2, 0.25) is 10.0 Å². The predicted octanol–water partition coefficient (Wildman–Crippen LogP) is 2.61. The monoisotopic (exact) mass is 317 g/mol. The summed E-state index contributed by atoms with van der Waals surface area (Å²) in [5.74, 6) is 0. The van der Waals surface area contributed by atoms with Gasteiger partial charge in [-0.25, -0.2) is 13.6 Å². The molecule has 1 aromatic carbocycles. The van der Waals surface area contributed by atoms with E-state index in [1.165, 1.54) is 0 Å². The molecule has 0 unspecified atom stereocenters. The minimum atomic E-state index is -3.50. The van der Waals surface area contributed by atoms with Gasteiger partial charge in [0.15, 0.2) is 0 Å². The summed E-state index contributed by atoms with van der Waals surface area (Å²) in [6, 6.07) is 7.58. The number of primary sulfonamides is 1. The number of benzene rings is 1. The summed E-state index contributed by atoms with van der Waals surface area (Å²) in [5, 5.41) is 4.69. The third kappa shape index (κ3) is 5.02. The second-order valence-electron chi connectivity index (χ2n) is 3.91. The van der Waals surface area contributed by atoms with Gasteiger partial charge in [-0.1, -0.05) is 34.1 Å². The smallest absolute Gasteiger partial charge is 0.212 e. The van der Waals surface area contributed by atoms with Crippen LogP contribution in [0.25, 0.3) is 0 Å². The Morgan fingerprint density at radius 3 is 2.41 bits per heavy atom. The molecule has 0 bridgehead atoms. The number of halogens is 1. The highest BCUT2D eigenvalue weighted by Gasteiger charge is 2.20. The highest BCUT2D eigenvalue weighted by Crippen LogP contribution is 2.16. The summed E-state index contributed by atoms with van der Waals surface area (Å²) in [6.07, 6.45) is 3.32. The van der Waals surface area contributed by atoms with Crippen LogP contribution in [0.5, 0.6) is 0 Å². The molecule has 0 aliphatic carbocycles. The van der Waals surface area contributed by atoms with E-state index in [0.29, 0.717) is 19.3 Å². The zero-order chi connectivity index (χ0) is 12.9. The second-order valence-corrected chi connectivity index (χ2v) is 6.67. The number of hydrogen-bond acceptors (Lipinski definition) is 2. The summed E-state index contributed by atoms with van der Waals surface area (Å²) in [6.45, 7) is 3.59. The van der Waals surface area contributed by atoms with Crippen LogP contribution in [0.4, 0.5) is 0 Å². The highest BCUT2D eigenvalue weighted by molar-refractivity contribution is 9.10. The number of allylic oxidation sites excluding steroid dienone is 1. The standard InChI is InChI=1S/C12H16BrNO2S/c1-2-3-4-12(17(14,15)16)9-10-5-7-11(13)8-6-10/h2,5-8,12H,1,3-4,9H2,(H2,14,15,16)/t12-/m1/s1. The molecule has 94 valence electrons. The normalized spacial score (nSPS) is 13.3. The molecule has 0 aromatic heterocycles. The van der Waals surface area contributed by atoms with Gasteiger partial charge in [-0.15, -0.1) is 6.58 Å². The van der Waals surface area contributed by atoms with Crippen LogP contribution in [0.2, 0.25) is 0 Å². The molecule has 1 atom stereocenters. The van der Waals surface area contributed by atoms with Crippen molar-refractivity contribution in [3.05, 3.63) is 47.0 Å². The van der Waals surface area contributed by atoms with Crippen molar-refractivity contribution in [1.29, 1.82) is 0 Å². The molecule has 3 nitrogen and oxygen atoms in total. The van der Waals surface area contributed by atoms with Gasteiger partial charge in [-0.3, -0.25) is 0 Å². The van der Waals surface area contributed by atoms with Crippen molar-refractivity contribution >= 4 is 26.0 Å². The van der Waals surface area contributed by atoms with Gasteiger partial charge in [0, 0.05) is 4.47 Å². The van der Waals surface area contributed by atoms with Gasteiger partial charge in [0.25, 0.3) is 0 Å².